The number of nitrogens with one attached hydrogen (secondary N) is 2. The second kappa shape index (κ2) is 11.6. The molecule has 2 N–H and O–H groups in total. The molecule has 34 heavy (non-hydrogen) atoms. The summed E-state index contributed by atoms with van der Waals surface area (Å²) in [6, 6.07) is 7.59. The molecule has 0 aromatic heterocycles. The van der Waals surface area contributed by atoms with E-state index in [9.17, 15) is 0 Å². The minimum absolute atomic E-state index is 0.134. The van der Waals surface area contributed by atoms with Crippen molar-refractivity contribution in [1.29, 1.82) is 0 Å². The van der Waals surface area contributed by atoms with Crippen LogP contribution in [0.4, 0.5) is 0 Å². The highest BCUT2D eigenvalue weighted by atomic mass is 31.1. The molecule has 2 aliphatic rings. The summed E-state index contributed by atoms with van der Waals surface area (Å²) < 4.78 is 0. The van der Waals surface area contributed by atoms with Gasteiger partial charge in [-0.25, -0.2) is 0 Å². The van der Waals surface area contributed by atoms with E-state index < -0.39 is 0 Å². The topological polar surface area (TPSA) is 24.1 Å². The molecule has 2 fully saturated rings. The minimum Gasteiger partial charge on any atom is -0.310 e. The Morgan fingerprint density at radius 1 is 0.706 bits per heavy atom. The second-order valence-electron chi connectivity index (χ2n) is 13.8. The highest BCUT2D eigenvalue weighted by Crippen LogP contribution is 2.62. The molecule has 4 heteroatoms. The van der Waals surface area contributed by atoms with Gasteiger partial charge in [-0.05, 0) is 83.5 Å². The molecule has 2 heterocycles. The predicted octanol–water partition coefficient (Wildman–Crippen LogP) is 8.74. The number of hydrogen-bond acceptors (Lipinski definition) is 2. The lowest BCUT2D eigenvalue weighted by molar-refractivity contribution is 0.456. The molecule has 194 valence electrons. The quantitative estimate of drug-likeness (QED) is 0.378. The normalized spacial score (nSPS) is 23.8. The van der Waals surface area contributed by atoms with Gasteiger partial charge in [0.05, 0.1) is 0 Å². The number of rotatable bonds is 6. The van der Waals surface area contributed by atoms with Crippen LogP contribution in [0.25, 0.3) is 0 Å². The van der Waals surface area contributed by atoms with Gasteiger partial charge in [-0.15, -0.1) is 0 Å². The Kier molecular flexibility index (Phi) is 9.74. The highest BCUT2D eigenvalue weighted by molar-refractivity contribution is 7.60. The molecular weight excluding hydrogens is 450 g/mol. The molecule has 0 saturated carbocycles. The van der Waals surface area contributed by atoms with Gasteiger partial charge in [-0.3, -0.25) is 0 Å². The molecule has 0 amide bonds. The molecule has 1 aromatic carbocycles. The van der Waals surface area contributed by atoms with Crippen molar-refractivity contribution in [3.05, 3.63) is 34.9 Å². The van der Waals surface area contributed by atoms with E-state index in [1.165, 1.54) is 69.5 Å². The van der Waals surface area contributed by atoms with E-state index in [-0.39, 0.29) is 21.3 Å². The van der Waals surface area contributed by atoms with Crippen LogP contribution in [0.5, 0.6) is 0 Å². The van der Waals surface area contributed by atoms with Crippen LogP contribution >= 0.6 is 15.8 Å². The van der Waals surface area contributed by atoms with Gasteiger partial charge in [0, 0.05) is 11.6 Å². The monoisotopic (exact) mass is 504 g/mol. The van der Waals surface area contributed by atoms with Gasteiger partial charge >= 0.3 is 0 Å². The van der Waals surface area contributed by atoms with Crippen molar-refractivity contribution in [1.82, 2.24) is 10.6 Å². The Morgan fingerprint density at radius 2 is 1.24 bits per heavy atom. The van der Waals surface area contributed by atoms with E-state index in [1.807, 2.05) is 0 Å². The molecule has 1 aromatic rings. The van der Waals surface area contributed by atoms with Crippen LogP contribution in [0, 0.1) is 0 Å². The van der Waals surface area contributed by atoms with Crippen LogP contribution in [0.1, 0.15) is 118 Å². The first-order chi connectivity index (χ1) is 15.8. The molecular formula is C30H54N2P2. The SMILES string of the molecule is CC(C)(C)c1ccc(CP(C(C)(C)C)C(C)(C)C)c(CP(C2CCCCN2)C2CCCCN2)c1. The lowest BCUT2D eigenvalue weighted by atomic mass is 9.85. The average Bonchev–Trinajstić information content (AvgIpc) is 2.75. The van der Waals surface area contributed by atoms with E-state index in [0.29, 0.717) is 10.3 Å². The maximum atomic E-state index is 3.98. The largest absolute Gasteiger partial charge is 0.310 e. The van der Waals surface area contributed by atoms with E-state index in [4.69, 9.17) is 0 Å². The van der Waals surface area contributed by atoms with Gasteiger partial charge < -0.3 is 10.6 Å². The summed E-state index contributed by atoms with van der Waals surface area (Å²) >= 11 is 0. The van der Waals surface area contributed by atoms with Crippen molar-refractivity contribution in [3.63, 3.8) is 0 Å². The number of benzene rings is 1. The van der Waals surface area contributed by atoms with Gasteiger partial charge in [0.2, 0.25) is 0 Å². The summed E-state index contributed by atoms with van der Waals surface area (Å²) in [6.45, 7) is 24.4. The Labute approximate surface area is 214 Å². The zero-order valence-corrected chi connectivity index (χ0v) is 25.6. The summed E-state index contributed by atoms with van der Waals surface area (Å²) in [5, 5.41) is 8.68. The summed E-state index contributed by atoms with van der Waals surface area (Å²) in [5.74, 6) is 1.44. The Bertz CT molecular complexity index is 740. The Hall–Kier alpha value is -0.0000000000000000555. The van der Waals surface area contributed by atoms with Crippen LogP contribution in [0.15, 0.2) is 18.2 Å². The molecule has 2 nitrogen and oxygen atoms in total. The number of hydrogen-bond donors (Lipinski definition) is 2. The fraction of sp³-hybridized carbons (Fsp3) is 0.800. The standard InChI is InChI=1S/C30H54N2P2/c1-28(2,3)25-17-16-23(22-34(29(4,5)6)30(7,8)9)24(20-25)21-33(26-14-10-12-18-31-26)27-15-11-13-19-32-27/h16-17,20,26-27,31-32H,10-15,18-19,21-22H2,1-9H3. The molecule has 3 rings (SSSR count). The fourth-order valence-electron chi connectivity index (χ4n) is 5.91. The molecule has 0 radical (unpaired) electrons. The van der Waals surface area contributed by atoms with Crippen LogP contribution < -0.4 is 10.6 Å². The van der Waals surface area contributed by atoms with Crippen molar-refractivity contribution in [3.8, 4) is 0 Å². The minimum atomic E-state index is -0.151. The van der Waals surface area contributed by atoms with Crippen molar-refractivity contribution in [2.45, 2.75) is 140 Å². The summed E-state index contributed by atoms with van der Waals surface area (Å²) in [6.07, 6.45) is 10.8. The zero-order valence-electron chi connectivity index (χ0n) is 23.9. The van der Waals surface area contributed by atoms with Crippen LogP contribution in [0.2, 0.25) is 0 Å². The van der Waals surface area contributed by atoms with Gasteiger partial charge in [0.15, 0.2) is 0 Å². The molecule has 0 aliphatic carbocycles. The van der Waals surface area contributed by atoms with Crippen molar-refractivity contribution in [2.75, 3.05) is 13.1 Å². The van der Waals surface area contributed by atoms with Gasteiger partial charge in [0.1, 0.15) is 0 Å². The van der Waals surface area contributed by atoms with Crippen LogP contribution in [-0.4, -0.2) is 35.0 Å². The zero-order chi connectivity index (χ0) is 25.1. The third-order valence-corrected chi connectivity index (χ3v) is 14.8. The molecule has 2 unspecified atom stereocenters. The first-order valence-electron chi connectivity index (χ1n) is 13.9. The van der Waals surface area contributed by atoms with E-state index in [1.54, 1.807) is 11.1 Å². The van der Waals surface area contributed by atoms with Gasteiger partial charge in [-0.2, -0.15) is 0 Å². The van der Waals surface area contributed by atoms with E-state index in [2.05, 4.69) is 91.1 Å². The maximum absolute atomic E-state index is 3.98. The summed E-state index contributed by atoms with van der Waals surface area (Å²) in [5.41, 5.74) is 5.01. The third kappa shape index (κ3) is 7.75. The highest BCUT2D eigenvalue weighted by Gasteiger charge is 2.36. The van der Waals surface area contributed by atoms with E-state index in [0.717, 1.165) is 11.6 Å². The fourth-order valence-corrected chi connectivity index (χ4v) is 12.8. The molecule has 0 bridgehead atoms. The van der Waals surface area contributed by atoms with Crippen molar-refractivity contribution < 1.29 is 0 Å². The van der Waals surface area contributed by atoms with Crippen molar-refractivity contribution in [2.24, 2.45) is 0 Å². The average molecular weight is 505 g/mol. The van der Waals surface area contributed by atoms with Crippen molar-refractivity contribution >= 4 is 15.8 Å². The van der Waals surface area contributed by atoms with Crippen LogP contribution in [0.3, 0.4) is 0 Å². The predicted molar refractivity (Wildman–Crippen MR) is 157 cm³/mol. The lowest BCUT2D eigenvalue weighted by Gasteiger charge is -2.43. The van der Waals surface area contributed by atoms with Gasteiger partial charge in [-0.1, -0.05) is 109 Å². The first-order valence-corrected chi connectivity index (χ1v) is 17.1. The first kappa shape index (κ1) is 28.6. The molecule has 2 saturated heterocycles. The summed E-state index contributed by atoms with van der Waals surface area (Å²) in [4.78, 5) is 0. The summed E-state index contributed by atoms with van der Waals surface area (Å²) in [7, 11) is -0.285. The molecule has 0 spiro atoms. The molecule has 2 atom stereocenters. The Balaban J connectivity index is 1.99. The maximum Gasteiger partial charge on any atom is 0.0286 e. The Morgan fingerprint density at radius 3 is 1.65 bits per heavy atom. The second-order valence-corrected chi connectivity index (χ2v) is 20.2. The lowest BCUT2D eigenvalue weighted by Crippen LogP contribution is -2.41. The number of piperidine rings is 2. The third-order valence-electron chi connectivity index (χ3n) is 7.74. The molecule has 2 aliphatic heterocycles. The van der Waals surface area contributed by atoms with E-state index >= 15 is 0 Å². The van der Waals surface area contributed by atoms with Crippen LogP contribution in [-0.2, 0) is 17.7 Å². The smallest absolute Gasteiger partial charge is 0.0286 e. The van der Waals surface area contributed by atoms with Gasteiger partial charge in [0.25, 0.3) is 0 Å².